The number of esters is 1. The van der Waals surface area contributed by atoms with Crippen molar-refractivity contribution >= 4 is 32.8 Å². The van der Waals surface area contributed by atoms with Crippen LogP contribution in [-0.2, 0) is 11.8 Å². The van der Waals surface area contributed by atoms with E-state index < -0.39 is 17.2 Å². The molecule has 4 nitrogen and oxygen atoms in total. The van der Waals surface area contributed by atoms with Crippen molar-refractivity contribution in [1.82, 2.24) is 4.57 Å². The number of aromatic nitrogens is 1. The van der Waals surface area contributed by atoms with Crippen molar-refractivity contribution in [3.63, 3.8) is 0 Å². The van der Waals surface area contributed by atoms with Gasteiger partial charge in [-0.25, -0.2) is 9.18 Å². The van der Waals surface area contributed by atoms with Crippen molar-refractivity contribution in [1.29, 1.82) is 0 Å². The number of halogens is 2. The highest BCUT2D eigenvalue weighted by Crippen LogP contribution is 2.21. The Labute approximate surface area is 130 Å². The largest absolute Gasteiger partial charge is 0.462 e. The van der Waals surface area contributed by atoms with E-state index in [9.17, 15) is 14.0 Å². The first-order valence-electron chi connectivity index (χ1n) is 6.61. The van der Waals surface area contributed by atoms with Crippen molar-refractivity contribution in [2.24, 2.45) is 7.05 Å². The lowest BCUT2D eigenvalue weighted by Crippen LogP contribution is -2.20. The van der Waals surface area contributed by atoms with E-state index in [2.05, 4.69) is 15.9 Å². The summed E-state index contributed by atoms with van der Waals surface area (Å²) in [6.45, 7) is 5.85. The molecule has 6 heteroatoms. The molecule has 0 aliphatic carbocycles. The van der Waals surface area contributed by atoms with Crippen LogP contribution in [-0.4, -0.2) is 17.1 Å². The third-order valence-corrected chi connectivity index (χ3v) is 3.33. The highest BCUT2D eigenvalue weighted by Gasteiger charge is 2.16. The molecule has 0 spiro atoms. The molecule has 2 rings (SSSR count). The lowest BCUT2D eigenvalue weighted by Gasteiger charge is -2.09. The van der Waals surface area contributed by atoms with E-state index in [1.807, 2.05) is 13.8 Å². The lowest BCUT2D eigenvalue weighted by atomic mass is 10.1. The Hall–Kier alpha value is -1.69. The number of rotatable bonds is 2. The SMILES string of the molecule is CC.CCOC(=O)c1cn(C)c2cc(F)c(Br)cc2c1=O. The van der Waals surface area contributed by atoms with Crippen LogP contribution in [0.4, 0.5) is 4.39 Å². The minimum atomic E-state index is -0.676. The van der Waals surface area contributed by atoms with E-state index in [0.717, 1.165) is 0 Å². The first-order chi connectivity index (χ1) is 9.95. The number of pyridine rings is 1. The Morgan fingerprint density at radius 2 is 2.00 bits per heavy atom. The van der Waals surface area contributed by atoms with E-state index in [-0.39, 0.29) is 22.0 Å². The maximum absolute atomic E-state index is 13.5. The van der Waals surface area contributed by atoms with Gasteiger partial charge in [-0.1, -0.05) is 13.8 Å². The predicted molar refractivity (Wildman–Crippen MR) is 84.2 cm³/mol. The Morgan fingerprint density at radius 1 is 1.38 bits per heavy atom. The summed E-state index contributed by atoms with van der Waals surface area (Å²) in [6, 6.07) is 2.62. The molecule has 0 saturated heterocycles. The number of hydrogen-bond acceptors (Lipinski definition) is 3. The minimum Gasteiger partial charge on any atom is -0.462 e. The second-order valence-corrected chi connectivity index (χ2v) is 4.84. The van der Waals surface area contributed by atoms with Crippen LogP contribution in [0.25, 0.3) is 10.9 Å². The van der Waals surface area contributed by atoms with E-state index >= 15 is 0 Å². The van der Waals surface area contributed by atoms with Crippen LogP contribution in [0, 0.1) is 5.82 Å². The average Bonchev–Trinajstić information content (AvgIpc) is 2.47. The van der Waals surface area contributed by atoms with Crippen LogP contribution < -0.4 is 5.43 Å². The Balaban J connectivity index is 0.00000106. The van der Waals surface area contributed by atoms with Gasteiger partial charge in [0.25, 0.3) is 0 Å². The van der Waals surface area contributed by atoms with Gasteiger partial charge in [0.2, 0.25) is 5.43 Å². The van der Waals surface area contributed by atoms with Gasteiger partial charge >= 0.3 is 5.97 Å². The van der Waals surface area contributed by atoms with E-state index in [0.29, 0.717) is 5.52 Å². The predicted octanol–water partition coefficient (Wildman–Crippen LogP) is 3.64. The molecule has 0 fully saturated rings. The monoisotopic (exact) mass is 357 g/mol. The first kappa shape index (κ1) is 17.4. The molecule has 2 aromatic rings. The second-order valence-electron chi connectivity index (χ2n) is 3.99. The topological polar surface area (TPSA) is 48.3 Å². The maximum atomic E-state index is 13.5. The smallest absolute Gasteiger partial charge is 0.343 e. The molecule has 0 unspecified atom stereocenters. The Bertz CT molecular complexity index is 725. The number of nitrogens with zero attached hydrogens (tertiary/aromatic N) is 1. The molecule has 21 heavy (non-hydrogen) atoms. The zero-order valence-corrected chi connectivity index (χ0v) is 14.0. The molecule has 0 aliphatic rings. The number of carbonyl (C=O) groups is 1. The van der Waals surface area contributed by atoms with Gasteiger partial charge < -0.3 is 9.30 Å². The normalized spacial score (nSPS) is 10.0. The quantitative estimate of drug-likeness (QED) is 0.770. The summed E-state index contributed by atoms with van der Waals surface area (Å²) in [5.74, 6) is -1.14. The second kappa shape index (κ2) is 7.36. The molecular formula is C15H17BrFNO3. The van der Waals surface area contributed by atoms with Crippen molar-refractivity contribution in [3.05, 3.63) is 44.4 Å². The van der Waals surface area contributed by atoms with Gasteiger partial charge in [-0.05, 0) is 35.0 Å². The van der Waals surface area contributed by atoms with Crippen LogP contribution >= 0.6 is 15.9 Å². The summed E-state index contributed by atoms with van der Waals surface area (Å²) >= 11 is 3.03. The Morgan fingerprint density at radius 3 is 2.57 bits per heavy atom. The highest BCUT2D eigenvalue weighted by atomic mass is 79.9. The van der Waals surface area contributed by atoms with E-state index in [1.54, 1.807) is 14.0 Å². The van der Waals surface area contributed by atoms with Crippen LogP contribution in [0.15, 0.2) is 27.6 Å². The Kier molecular flexibility index (Phi) is 6.08. The van der Waals surface area contributed by atoms with Crippen LogP contribution in [0.2, 0.25) is 0 Å². The molecular weight excluding hydrogens is 341 g/mol. The van der Waals surface area contributed by atoms with Crippen LogP contribution in [0.1, 0.15) is 31.1 Å². The number of ether oxygens (including phenoxy) is 1. The van der Waals surface area contributed by atoms with E-state index in [4.69, 9.17) is 4.74 Å². The van der Waals surface area contributed by atoms with Gasteiger partial charge in [0.1, 0.15) is 11.4 Å². The number of carbonyl (C=O) groups excluding carboxylic acids is 1. The van der Waals surface area contributed by atoms with Gasteiger partial charge in [0.15, 0.2) is 0 Å². The standard InChI is InChI=1S/C13H11BrFNO3.C2H6/c1-3-19-13(18)8-6-16(2)11-5-10(15)9(14)4-7(11)12(8)17;1-2/h4-6H,3H2,1-2H3;1-2H3. The zero-order valence-electron chi connectivity index (χ0n) is 12.4. The van der Waals surface area contributed by atoms with Gasteiger partial charge in [-0.15, -0.1) is 0 Å². The molecule has 0 N–H and O–H groups in total. The fraction of sp³-hybridized carbons (Fsp3) is 0.333. The molecule has 0 bridgehead atoms. The summed E-state index contributed by atoms with van der Waals surface area (Å²) in [5, 5.41) is 0.265. The number of benzene rings is 1. The minimum absolute atomic E-state index is 0.0599. The van der Waals surface area contributed by atoms with Crippen molar-refractivity contribution in [3.8, 4) is 0 Å². The van der Waals surface area contributed by atoms with Gasteiger partial charge in [-0.3, -0.25) is 4.79 Å². The first-order valence-corrected chi connectivity index (χ1v) is 7.40. The lowest BCUT2D eigenvalue weighted by molar-refractivity contribution is 0.0524. The average molecular weight is 358 g/mol. The van der Waals surface area contributed by atoms with Crippen molar-refractivity contribution < 1.29 is 13.9 Å². The van der Waals surface area contributed by atoms with Gasteiger partial charge in [-0.2, -0.15) is 0 Å². The number of fused-ring (bicyclic) bond motifs is 1. The van der Waals surface area contributed by atoms with Crippen LogP contribution in [0.5, 0.6) is 0 Å². The van der Waals surface area contributed by atoms with Crippen LogP contribution in [0.3, 0.4) is 0 Å². The van der Waals surface area contributed by atoms with Crippen molar-refractivity contribution in [2.75, 3.05) is 6.61 Å². The summed E-state index contributed by atoms with van der Waals surface area (Å²) in [5.41, 5.74) is -0.110. The fourth-order valence-electron chi connectivity index (χ4n) is 1.83. The molecule has 0 saturated carbocycles. The fourth-order valence-corrected chi connectivity index (χ4v) is 2.17. The molecule has 0 atom stereocenters. The molecule has 1 aromatic carbocycles. The van der Waals surface area contributed by atoms with Gasteiger partial charge in [0, 0.05) is 18.6 Å². The summed E-state index contributed by atoms with van der Waals surface area (Å²) in [7, 11) is 1.64. The van der Waals surface area contributed by atoms with Gasteiger partial charge in [0.05, 0.1) is 16.6 Å². The third kappa shape index (κ3) is 3.50. The summed E-state index contributed by atoms with van der Waals surface area (Å²) < 4.78 is 20.0. The molecule has 1 aromatic heterocycles. The summed E-state index contributed by atoms with van der Waals surface area (Å²) in [4.78, 5) is 23.9. The third-order valence-electron chi connectivity index (χ3n) is 2.73. The van der Waals surface area contributed by atoms with E-state index in [1.165, 1.54) is 22.9 Å². The molecule has 0 radical (unpaired) electrons. The summed E-state index contributed by atoms with van der Waals surface area (Å²) in [6.07, 6.45) is 1.36. The molecule has 114 valence electrons. The molecule has 0 amide bonds. The maximum Gasteiger partial charge on any atom is 0.343 e. The number of hydrogen-bond donors (Lipinski definition) is 0. The number of aryl methyl sites for hydroxylation is 1. The molecule has 1 heterocycles. The highest BCUT2D eigenvalue weighted by molar-refractivity contribution is 9.10. The molecule has 0 aliphatic heterocycles. The van der Waals surface area contributed by atoms with Crippen molar-refractivity contribution in [2.45, 2.75) is 20.8 Å². The zero-order chi connectivity index (χ0) is 16.2.